The van der Waals surface area contributed by atoms with Gasteiger partial charge in [-0.25, -0.2) is 0 Å². The molecule has 2 aromatic rings. The van der Waals surface area contributed by atoms with E-state index in [0.29, 0.717) is 0 Å². The molecule has 0 aliphatic heterocycles. The van der Waals surface area contributed by atoms with Gasteiger partial charge in [-0.15, -0.1) is 0 Å². The van der Waals surface area contributed by atoms with Gasteiger partial charge in [0.25, 0.3) is 0 Å². The maximum atomic E-state index is 6.44. The van der Waals surface area contributed by atoms with Crippen molar-refractivity contribution in [3.05, 3.63) is 36.1 Å². The summed E-state index contributed by atoms with van der Waals surface area (Å²) in [5.74, 6) is 0. The zero-order valence-electron chi connectivity index (χ0n) is 12.8. The molecule has 3 heteroatoms. The van der Waals surface area contributed by atoms with Gasteiger partial charge in [0, 0.05) is 10.9 Å². The monoisotopic (exact) mass is 276 g/mol. The summed E-state index contributed by atoms with van der Waals surface area (Å²) in [7, 11) is -1.76. The lowest BCUT2D eigenvalue weighted by Gasteiger charge is -2.38. The van der Waals surface area contributed by atoms with Gasteiger partial charge in [0.1, 0.15) is 5.58 Å². The van der Waals surface area contributed by atoms with Crippen molar-refractivity contribution in [1.82, 2.24) is 0 Å². The molecule has 2 nitrogen and oxygen atoms in total. The molecule has 104 valence electrons. The molecule has 2 rings (SSSR count). The van der Waals surface area contributed by atoms with Crippen molar-refractivity contribution in [2.45, 2.75) is 51.9 Å². The Morgan fingerprint density at radius 2 is 1.84 bits per heavy atom. The largest absolute Gasteiger partial charge is 0.464 e. The Bertz CT molecular complexity index is 563. The minimum atomic E-state index is -1.76. The van der Waals surface area contributed by atoms with Crippen LogP contribution in [0.3, 0.4) is 0 Å². The van der Waals surface area contributed by atoms with Crippen LogP contribution in [0.15, 0.2) is 34.9 Å². The molecule has 0 spiro atoms. The van der Waals surface area contributed by atoms with Crippen LogP contribution in [-0.2, 0) is 4.43 Å². The topological polar surface area (TPSA) is 22.4 Å². The molecule has 1 aromatic carbocycles. The van der Waals surface area contributed by atoms with Crippen LogP contribution < -0.4 is 0 Å². The van der Waals surface area contributed by atoms with Crippen LogP contribution in [0.1, 0.15) is 39.4 Å². The fourth-order valence-corrected chi connectivity index (χ4v) is 3.38. The summed E-state index contributed by atoms with van der Waals surface area (Å²) in [6.45, 7) is 13.5. The van der Waals surface area contributed by atoms with Gasteiger partial charge >= 0.3 is 0 Å². The highest BCUT2D eigenvalue weighted by atomic mass is 28.4. The van der Waals surface area contributed by atoms with Crippen molar-refractivity contribution in [3.8, 4) is 0 Å². The van der Waals surface area contributed by atoms with Crippen molar-refractivity contribution in [2.24, 2.45) is 0 Å². The Morgan fingerprint density at radius 3 is 2.47 bits per heavy atom. The summed E-state index contributed by atoms with van der Waals surface area (Å²) >= 11 is 0. The molecule has 0 bridgehead atoms. The van der Waals surface area contributed by atoms with Crippen LogP contribution >= 0.6 is 0 Å². The van der Waals surface area contributed by atoms with Crippen LogP contribution in [0, 0.1) is 0 Å². The van der Waals surface area contributed by atoms with Crippen LogP contribution in [-0.4, -0.2) is 8.32 Å². The van der Waals surface area contributed by atoms with Crippen LogP contribution in [0.4, 0.5) is 0 Å². The highest BCUT2D eigenvalue weighted by Gasteiger charge is 2.38. The number of hydrogen-bond donors (Lipinski definition) is 0. The molecule has 0 aliphatic rings. The standard InChI is InChI=1S/C16H24O2Si/c1-12(18-19(5,6)16(2,3)4)14-9-7-8-13-10-11-17-15(13)14/h7-12H,1-6H3. The minimum absolute atomic E-state index is 0.0655. The molecule has 0 amide bonds. The highest BCUT2D eigenvalue weighted by molar-refractivity contribution is 6.74. The summed E-state index contributed by atoms with van der Waals surface area (Å²) in [6, 6.07) is 8.24. The van der Waals surface area contributed by atoms with E-state index in [0.717, 1.165) is 16.5 Å². The van der Waals surface area contributed by atoms with Gasteiger partial charge in [0.05, 0.1) is 12.4 Å². The van der Waals surface area contributed by atoms with Gasteiger partial charge in [-0.05, 0) is 31.1 Å². The van der Waals surface area contributed by atoms with Gasteiger partial charge < -0.3 is 8.84 Å². The van der Waals surface area contributed by atoms with Crippen LogP contribution in [0.5, 0.6) is 0 Å². The SMILES string of the molecule is CC(O[Si](C)(C)C(C)(C)C)c1cccc2ccoc12. The summed E-state index contributed by atoms with van der Waals surface area (Å²) in [4.78, 5) is 0. The number of fused-ring (bicyclic) bond motifs is 1. The predicted molar refractivity (Wildman–Crippen MR) is 82.9 cm³/mol. The van der Waals surface area contributed by atoms with Gasteiger partial charge in [0.15, 0.2) is 8.32 Å². The lowest BCUT2D eigenvalue weighted by atomic mass is 10.1. The molecule has 0 N–H and O–H groups in total. The van der Waals surface area contributed by atoms with Crippen molar-refractivity contribution < 1.29 is 8.84 Å². The van der Waals surface area contributed by atoms with E-state index in [9.17, 15) is 0 Å². The van der Waals surface area contributed by atoms with Gasteiger partial charge in [0.2, 0.25) is 0 Å². The van der Waals surface area contributed by atoms with Crippen molar-refractivity contribution in [2.75, 3.05) is 0 Å². The van der Waals surface area contributed by atoms with Gasteiger partial charge in [-0.1, -0.05) is 39.0 Å². The average Bonchev–Trinajstić information content (AvgIpc) is 2.73. The zero-order chi connectivity index (χ0) is 14.3. The molecule has 0 fully saturated rings. The molecule has 0 radical (unpaired) electrons. The van der Waals surface area contributed by atoms with Crippen molar-refractivity contribution in [3.63, 3.8) is 0 Å². The molecule has 1 unspecified atom stereocenters. The summed E-state index contributed by atoms with van der Waals surface area (Å²) in [5, 5.41) is 1.36. The summed E-state index contributed by atoms with van der Waals surface area (Å²) in [6.07, 6.45) is 1.81. The second-order valence-corrected chi connectivity index (χ2v) is 11.5. The minimum Gasteiger partial charge on any atom is -0.464 e. The first kappa shape index (κ1) is 14.3. The second-order valence-electron chi connectivity index (χ2n) is 6.71. The smallest absolute Gasteiger partial charge is 0.192 e. The van der Waals surface area contributed by atoms with Gasteiger partial charge in [-0.2, -0.15) is 0 Å². The Hall–Kier alpha value is -1.06. The predicted octanol–water partition coefficient (Wildman–Crippen LogP) is 5.52. The van der Waals surface area contributed by atoms with E-state index in [-0.39, 0.29) is 11.1 Å². The molecule has 0 saturated heterocycles. The van der Waals surface area contributed by atoms with E-state index >= 15 is 0 Å². The Balaban J connectivity index is 2.30. The normalized spacial score (nSPS) is 14.8. The number of rotatable bonds is 3. The fourth-order valence-electron chi connectivity index (χ4n) is 2.02. The Labute approximate surface area is 116 Å². The van der Waals surface area contributed by atoms with Crippen LogP contribution in [0.2, 0.25) is 18.1 Å². The average molecular weight is 276 g/mol. The number of hydrogen-bond acceptors (Lipinski definition) is 2. The molecule has 0 aliphatic carbocycles. The Kier molecular flexibility index (Phi) is 3.62. The molecular weight excluding hydrogens is 252 g/mol. The maximum Gasteiger partial charge on any atom is 0.192 e. The van der Waals surface area contributed by atoms with E-state index in [4.69, 9.17) is 8.84 Å². The maximum absolute atomic E-state index is 6.44. The van der Waals surface area contributed by atoms with Crippen LogP contribution in [0.25, 0.3) is 11.0 Å². The van der Waals surface area contributed by atoms with E-state index < -0.39 is 8.32 Å². The Morgan fingerprint density at radius 1 is 1.16 bits per heavy atom. The first-order valence-corrected chi connectivity index (χ1v) is 9.77. The number of para-hydroxylation sites is 1. The molecule has 1 atom stereocenters. The molecular formula is C16H24O2Si. The first-order valence-electron chi connectivity index (χ1n) is 6.86. The molecule has 1 heterocycles. The lowest BCUT2D eigenvalue weighted by Crippen LogP contribution is -2.41. The highest BCUT2D eigenvalue weighted by Crippen LogP contribution is 2.40. The third-order valence-corrected chi connectivity index (χ3v) is 8.78. The third-order valence-electron chi connectivity index (χ3n) is 4.22. The first-order chi connectivity index (χ1) is 8.72. The fraction of sp³-hybridized carbons (Fsp3) is 0.500. The van der Waals surface area contributed by atoms with E-state index in [2.05, 4.69) is 59.0 Å². The molecule has 19 heavy (non-hydrogen) atoms. The van der Waals surface area contributed by atoms with Crippen molar-refractivity contribution >= 4 is 19.3 Å². The van der Waals surface area contributed by atoms with Crippen molar-refractivity contribution in [1.29, 1.82) is 0 Å². The lowest BCUT2D eigenvalue weighted by molar-refractivity contribution is 0.203. The van der Waals surface area contributed by atoms with E-state index in [1.807, 2.05) is 6.07 Å². The van der Waals surface area contributed by atoms with Gasteiger partial charge in [-0.3, -0.25) is 0 Å². The number of benzene rings is 1. The zero-order valence-corrected chi connectivity index (χ0v) is 13.8. The number of furan rings is 1. The summed E-state index contributed by atoms with van der Waals surface area (Å²) < 4.78 is 12.1. The quantitative estimate of drug-likeness (QED) is 0.689. The molecule has 1 aromatic heterocycles. The molecule has 0 saturated carbocycles. The van der Waals surface area contributed by atoms with E-state index in [1.54, 1.807) is 6.26 Å². The van der Waals surface area contributed by atoms with E-state index in [1.165, 1.54) is 0 Å². The second kappa shape index (κ2) is 4.80. The summed E-state index contributed by atoms with van der Waals surface area (Å²) in [5.41, 5.74) is 2.10. The third kappa shape index (κ3) is 2.77.